The lowest BCUT2D eigenvalue weighted by Gasteiger charge is -2.25. The van der Waals surface area contributed by atoms with Crippen LogP contribution in [0.4, 0.5) is 11.4 Å². The van der Waals surface area contributed by atoms with Crippen LogP contribution in [0.3, 0.4) is 0 Å². The van der Waals surface area contributed by atoms with E-state index in [0.29, 0.717) is 25.3 Å². The molecule has 1 unspecified atom stereocenters. The molecule has 7 nitrogen and oxygen atoms in total. The van der Waals surface area contributed by atoms with Gasteiger partial charge in [-0.15, -0.1) is 0 Å². The van der Waals surface area contributed by atoms with E-state index in [0.717, 1.165) is 6.42 Å². The molecule has 1 amide bonds. The number of likely N-dealkylation sites (N-methyl/N-ethyl adjacent to an activating group) is 1. The molecule has 1 aromatic rings. The van der Waals surface area contributed by atoms with Gasteiger partial charge in [0.1, 0.15) is 5.69 Å². The topological polar surface area (TPSA) is 92.7 Å². The molecule has 0 aliphatic carbocycles. The van der Waals surface area contributed by atoms with Crippen molar-refractivity contribution < 1.29 is 9.72 Å². The van der Waals surface area contributed by atoms with Gasteiger partial charge in [-0.2, -0.15) is 0 Å². The van der Waals surface area contributed by atoms with Crippen LogP contribution in [-0.2, 0) is 4.79 Å². The van der Waals surface area contributed by atoms with Crippen LogP contribution in [0.5, 0.6) is 0 Å². The van der Waals surface area contributed by atoms with Crippen LogP contribution in [0.1, 0.15) is 13.3 Å². The largest absolute Gasteiger partial charge is 0.360 e. The van der Waals surface area contributed by atoms with Gasteiger partial charge < -0.3 is 15.5 Å². The van der Waals surface area contributed by atoms with Gasteiger partial charge in [-0.25, -0.2) is 0 Å². The molecular formula is C15H22N4O3. The third kappa shape index (κ3) is 3.36. The van der Waals surface area contributed by atoms with Gasteiger partial charge in [-0.05, 0) is 24.4 Å². The molecule has 22 heavy (non-hydrogen) atoms. The fourth-order valence-corrected chi connectivity index (χ4v) is 2.73. The highest BCUT2D eigenvalue weighted by Crippen LogP contribution is 2.30. The first-order chi connectivity index (χ1) is 10.4. The summed E-state index contributed by atoms with van der Waals surface area (Å²) in [5.41, 5.74) is 6.18. The predicted octanol–water partition coefficient (Wildman–Crippen LogP) is 1.23. The minimum absolute atomic E-state index is 0.00557. The van der Waals surface area contributed by atoms with Crippen molar-refractivity contribution in [1.29, 1.82) is 0 Å². The zero-order valence-corrected chi connectivity index (χ0v) is 13.0. The van der Waals surface area contributed by atoms with Crippen molar-refractivity contribution in [2.24, 2.45) is 11.1 Å². The number of anilines is 1. The molecule has 1 aromatic carbocycles. The quantitative estimate of drug-likeness (QED) is 0.652. The molecule has 1 aliphatic rings. The average Bonchev–Trinajstić information content (AvgIpc) is 2.90. The number of hydrogen-bond donors (Lipinski definition) is 1. The first-order valence-corrected chi connectivity index (χ1v) is 7.29. The number of hydrogen-bond acceptors (Lipinski definition) is 5. The maximum atomic E-state index is 12.4. The molecule has 2 rings (SSSR count). The fourth-order valence-electron chi connectivity index (χ4n) is 2.73. The normalized spacial score (nSPS) is 21.0. The van der Waals surface area contributed by atoms with E-state index < -0.39 is 4.92 Å². The van der Waals surface area contributed by atoms with E-state index in [1.54, 1.807) is 35.0 Å². The standard InChI is InChI=1S/C15H22N4O3/c1-15(10-16)7-8-18(11-15)14(20)9-17(2)12-5-3-4-6-13(12)19(21)22/h3-6H,7-11,16H2,1-2H3. The summed E-state index contributed by atoms with van der Waals surface area (Å²) >= 11 is 0. The van der Waals surface area contributed by atoms with Crippen molar-refractivity contribution in [3.05, 3.63) is 34.4 Å². The third-order valence-corrected chi connectivity index (χ3v) is 4.27. The number of nitrogens with two attached hydrogens (primary N) is 1. The van der Waals surface area contributed by atoms with Crippen LogP contribution in [0.15, 0.2) is 24.3 Å². The first kappa shape index (κ1) is 16.2. The average molecular weight is 306 g/mol. The maximum Gasteiger partial charge on any atom is 0.292 e. The number of nitrogens with zero attached hydrogens (tertiary/aromatic N) is 3. The Bertz CT molecular complexity index is 578. The summed E-state index contributed by atoms with van der Waals surface area (Å²) in [5.74, 6) is -0.0298. The Kier molecular flexibility index (Phi) is 4.65. The van der Waals surface area contributed by atoms with E-state index in [1.807, 2.05) is 0 Å². The number of amides is 1. The fraction of sp³-hybridized carbons (Fsp3) is 0.533. The highest BCUT2D eigenvalue weighted by molar-refractivity contribution is 5.82. The molecule has 0 bridgehead atoms. The molecular weight excluding hydrogens is 284 g/mol. The first-order valence-electron chi connectivity index (χ1n) is 7.29. The smallest absolute Gasteiger partial charge is 0.292 e. The number of nitro benzene ring substituents is 1. The Morgan fingerprint density at radius 2 is 2.18 bits per heavy atom. The van der Waals surface area contributed by atoms with Gasteiger partial charge in [-0.3, -0.25) is 14.9 Å². The summed E-state index contributed by atoms with van der Waals surface area (Å²) in [6.45, 7) is 4.08. The molecule has 0 aromatic heterocycles. The molecule has 0 radical (unpaired) electrons. The lowest BCUT2D eigenvalue weighted by atomic mass is 9.90. The number of carbonyl (C=O) groups excluding carboxylic acids is 1. The van der Waals surface area contributed by atoms with E-state index in [-0.39, 0.29) is 23.6 Å². The van der Waals surface area contributed by atoms with Crippen LogP contribution in [-0.4, -0.2) is 49.0 Å². The van der Waals surface area contributed by atoms with Crippen LogP contribution in [0.25, 0.3) is 0 Å². The van der Waals surface area contributed by atoms with Gasteiger partial charge in [0.05, 0.1) is 11.5 Å². The number of likely N-dealkylation sites (tertiary alicyclic amines) is 1. The van der Waals surface area contributed by atoms with Crippen molar-refractivity contribution in [1.82, 2.24) is 4.90 Å². The second kappa shape index (κ2) is 6.31. The lowest BCUT2D eigenvalue weighted by molar-refractivity contribution is -0.384. The number of para-hydroxylation sites is 2. The SMILES string of the molecule is CN(CC(=O)N1CCC(C)(CN)C1)c1ccccc1[N+](=O)[O-]. The van der Waals surface area contributed by atoms with Gasteiger partial charge >= 0.3 is 0 Å². The summed E-state index contributed by atoms with van der Waals surface area (Å²) in [6.07, 6.45) is 0.893. The van der Waals surface area contributed by atoms with Crippen molar-refractivity contribution in [2.75, 3.05) is 38.1 Å². The molecule has 1 atom stereocenters. The number of rotatable bonds is 5. The minimum Gasteiger partial charge on any atom is -0.360 e. The van der Waals surface area contributed by atoms with Crippen LogP contribution in [0, 0.1) is 15.5 Å². The van der Waals surface area contributed by atoms with Gasteiger partial charge in [0.25, 0.3) is 5.69 Å². The van der Waals surface area contributed by atoms with E-state index in [4.69, 9.17) is 5.73 Å². The highest BCUT2D eigenvalue weighted by Gasteiger charge is 2.35. The van der Waals surface area contributed by atoms with E-state index in [1.165, 1.54) is 6.07 Å². The number of benzene rings is 1. The zero-order chi connectivity index (χ0) is 16.3. The molecule has 0 spiro atoms. The van der Waals surface area contributed by atoms with E-state index in [9.17, 15) is 14.9 Å². The van der Waals surface area contributed by atoms with Crippen molar-refractivity contribution in [3.8, 4) is 0 Å². The molecule has 1 saturated heterocycles. The van der Waals surface area contributed by atoms with E-state index in [2.05, 4.69) is 6.92 Å². The minimum atomic E-state index is -0.433. The van der Waals surface area contributed by atoms with Crippen LogP contribution in [0.2, 0.25) is 0 Å². The third-order valence-electron chi connectivity index (χ3n) is 4.27. The van der Waals surface area contributed by atoms with E-state index >= 15 is 0 Å². The molecule has 7 heteroatoms. The Morgan fingerprint density at radius 1 is 1.50 bits per heavy atom. The second-order valence-corrected chi connectivity index (χ2v) is 6.18. The number of nitro groups is 1. The summed E-state index contributed by atoms with van der Waals surface area (Å²) in [7, 11) is 1.69. The van der Waals surface area contributed by atoms with Gasteiger partial charge in [-0.1, -0.05) is 19.1 Å². The summed E-state index contributed by atoms with van der Waals surface area (Å²) in [6, 6.07) is 6.44. The predicted molar refractivity (Wildman–Crippen MR) is 84.7 cm³/mol. The summed E-state index contributed by atoms with van der Waals surface area (Å²) in [4.78, 5) is 26.4. The highest BCUT2D eigenvalue weighted by atomic mass is 16.6. The lowest BCUT2D eigenvalue weighted by Crippen LogP contribution is -2.40. The monoisotopic (exact) mass is 306 g/mol. The number of carbonyl (C=O) groups is 1. The van der Waals surface area contributed by atoms with Crippen LogP contribution < -0.4 is 10.6 Å². The van der Waals surface area contributed by atoms with Crippen molar-refractivity contribution >= 4 is 17.3 Å². The Hall–Kier alpha value is -2.15. The summed E-state index contributed by atoms with van der Waals surface area (Å²) < 4.78 is 0. The van der Waals surface area contributed by atoms with Gasteiger partial charge in [0, 0.05) is 26.2 Å². The molecule has 2 N–H and O–H groups in total. The van der Waals surface area contributed by atoms with Gasteiger partial charge in [0.15, 0.2) is 0 Å². The molecule has 1 heterocycles. The molecule has 1 aliphatic heterocycles. The second-order valence-electron chi connectivity index (χ2n) is 6.18. The molecule has 0 saturated carbocycles. The Balaban J connectivity index is 2.05. The molecule has 120 valence electrons. The van der Waals surface area contributed by atoms with Crippen LogP contribution >= 0.6 is 0 Å². The molecule has 1 fully saturated rings. The zero-order valence-electron chi connectivity index (χ0n) is 13.0. The Morgan fingerprint density at radius 3 is 2.77 bits per heavy atom. The van der Waals surface area contributed by atoms with Crippen molar-refractivity contribution in [2.45, 2.75) is 13.3 Å². The van der Waals surface area contributed by atoms with Crippen molar-refractivity contribution in [3.63, 3.8) is 0 Å². The van der Waals surface area contributed by atoms with Gasteiger partial charge in [0.2, 0.25) is 5.91 Å². The maximum absolute atomic E-state index is 12.4. The summed E-state index contributed by atoms with van der Waals surface area (Å²) in [5, 5.41) is 11.1. The Labute approximate surface area is 129 Å².